The second-order valence-electron chi connectivity index (χ2n) is 7.34. The van der Waals surface area contributed by atoms with E-state index in [1.54, 1.807) is 0 Å². The van der Waals surface area contributed by atoms with E-state index in [1.807, 2.05) is 0 Å². The fourth-order valence-electron chi connectivity index (χ4n) is 4.66. The number of fused-ring (bicyclic) bond motifs is 1. The van der Waals surface area contributed by atoms with Crippen LogP contribution in [0, 0.1) is 5.41 Å². The van der Waals surface area contributed by atoms with Crippen molar-refractivity contribution in [1.82, 2.24) is 15.5 Å². The highest BCUT2D eigenvalue weighted by molar-refractivity contribution is 5.83. The topological polar surface area (TPSA) is 44.4 Å². The van der Waals surface area contributed by atoms with Gasteiger partial charge in [-0.1, -0.05) is 13.3 Å². The number of rotatable bonds is 4. The molecule has 4 heteroatoms. The number of nitrogens with one attached hydrogen (secondary N) is 2. The molecule has 3 unspecified atom stereocenters. The molecule has 120 valence electrons. The Morgan fingerprint density at radius 3 is 3.00 bits per heavy atom. The van der Waals surface area contributed by atoms with E-state index in [0.29, 0.717) is 11.9 Å². The number of hydrogen-bond donors (Lipinski definition) is 2. The Hall–Kier alpha value is -0.610. The van der Waals surface area contributed by atoms with Gasteiger partial charge in [0.2, 0.25) is 5.91 Å². The van der Waals surface area contributed by atoms with Crippen molar-refractivity contribution in [3.8, 4) is 0 Å². The predicted molar refractivity (Wildman–Crippen MR) is 85.2 cm³/mol. The average Bonchev–Trinajstić information content (AvgIpc) is 2.96. The first kappa shape index (κ1) is 15.3. The van der Waals surface area contributed by atoms with Crippen LogP contribution in [0.2, 0.25) is 0 Å². The number of piperidine rings is 2. The van der Waals surface area contributed by atoms with Gasteiger partial charge in [0.15, 0.2) is 0 Å². The number of carbonyl (C=O) groups excluding carboxylic acids is 1. The summed E-state index contributed by atoms with van der Waals surface area (Å²) in [5.74, 6) is 0.327. The molecular formula is C17H31N3O. The standard InChI is InChI=1S/C17H31N3O/c1-2-7-17(8-4-9-18-13-17)16(21)19-14-6-11-20-10-3-5-15(20)12-14/h14-15,18H,2-13H2,1H3,(H,19,21). The molecular weight excluding hydrogens is 262 g/mol. The molecule has 3 heterocycles. The SMILES string of the molecule is CCCC1(C(=O)NC2CCN3CCCC3C2)CCCNC1. The van der Waals surface area contributed by atoms with Crippen LogP contribution in [0.25, 0.3) is 0 Å². The first-order chi connectivity index (χ1) is 10.2. The molecule has 0 aromatic carbocycles. The highest BCUT2D eigenvalue weighted by Gasteiger charge is 2.40. The van der Waals surface area contributed by atoms with Crippen molar-refractivity contribution < 1.29 is 4.79 Å². The summed E-state index contributed by atoms with van der Waals surface area (Å²) in [4.78, 5) is 15.5. The summed E-state index contributed by atoms with van der Waals surface area (Å²) >= 11 is 0. The van der Waals surface area contributed by atoms with Gasteiger partial charge in [0.05, 0.1) is 5.41 Å². The first-order valence-electron chi connectivity index (χ1n) is 8.99. The summed E-state index contributed by atoms with van der Waals surface area (Å²) in [6, 6.07) is 1.14. The number of carbonyl (C=O) groups is 1. The minimum Gasteiger partial charge on any atom is -0.353 e. The van der Waals surface area contributed by atoms with Crippen molar-refractivity contribution in [1.29, 1.82) is 0 Å². The lowest BCUT2D eigenvalue weighted by Crippen LogP contribution is -2.55. The van der Waals surface area contributed by atoms with Crippen LogP contribution in [0.15, 0.2) is 0 Å². The second-order valence-corrected chi connectivity index (χ2v) is 7.34. The van der Waals surface area contributed by atoms with Crippen LogP contribution < -0.4 is 10.6 Å². The van der Waals surface area contributed by atoms with E-state index in [2.05, 4.69) is 22.5 Å². The molecule has 2 N–H and O–H groups in total. The third kappa shape index (κ3) is 3.26. The maximum Gasteiger partial charge on any atom is 0.227 e. The Labute approximate surface area is 129 Å². The molecule has 3 rings (SSSR count). The van der Waals surface area contributed by atoms with Crippen LogP contribution in [0.1, 0.15) is 58.3 Å². The smallest absolute Gasteiger partial charge is 0.227 e. The minimum atomic E-state index is -0.139. The van der Waals surface area contributed by atoms with Crippen LogP contribution in [0.4, 0.5) is 0 Å². The Morgan fingerprint density at radius 1 is 1.33 bits per heavy atom. The van der Waals surface area contributed by atoms with Crippen LogP contribution in [0.5, 0.6) is 0 Å². The number of amides is 1. The molecule has 0 aromatic heterocycles. The monoisotopic (exact) mass is 293 g/mol. The van der Waals surface area contributed by atoms with Gasteiger partial charge < -0.3 is 15.5 Å². The summed E-state index contributed by atoms with van der Waals surface area (Å²) < 4.78 is 0. The first-order valence-corrected chi connectivity index (χ1v) is 8.99. The molecule has 1 amide bonds. The zero-order valence-corrected chi connectivity index (χ0v) is 13.5. The van der Waals surface area contributed by atoms with Crippen LogP contribution in [0.3, 0.4) is 0 Å². The van der Waals surface area contributed by atoms with Crippen molar-refractivity contribution in [2.24, 2.45) is 5.41 Å². The average molecular weight is 293 g/mol. The quantitative estimate of drug-likeness (QED) is 0.832. The molecule has 4 nitrogen and oxygen atoms in total. The molecule has 3 aliphatic heterocycles. The van der Waals surface area contributed by atoms with Gasteiger partial charge in [0.1, 0.15) is 0 Å². The van der Waals surface area contributed by atoms with Gasteiger partial charge in [-0.2, -0.15) is 0 Å². The Kier molecular flexibility index (Phi) is 4.85. The van der Waals surface area contributed by atoms with E-state index in [4.69, 9.17) is 0 Å². The lowest BCUT2D eigenvalue weighted by Gasteiger charge is -2.40. The van der Waals surface area contributed by atoms with Gasteiger partial charge in [0.25, 0.3) is 0 Å². The van der Waals surface area contributed by atoms with Crippen LogP contribution >= 0.6 is 0 Å². The van der Waals surface area contributed by atoms with Crippen molar-refractivity contribution in [2.75, 3.05) is 26.2 Å². The van der Waals surface area contributed by atoms with E-state index in [9.17, 15) is 4.79 Å². The molecule has 0 radical (unpaired) electrons. The Bertz CT molecular complexity index is 360. The van der Waals surface area contributed by atoms with Crippen molar-refractivity contribution in [3.05, 3.63) is 0 Å². The molecule has 0 aromatic rings. The van der Waals surface area contributed by atoms with Crippen molar-refractivity contribution >= 4 is 5.91 Å². The van der Waals surface area contributed by atoms with E-state index in [-0.39, 0.29) is 5.41 Å². The number of hydrogen-bond acceptors (Lipinski definition) is 3. The fraction of sp³-hybridized carbons (Fsp3) is 0.941. The predicted octanol–water partition coefficient (Wildman–Crippen LogP) is 1.90. The summed E-state index contributed by atoms with van der Waals surface area (Å²) in [6.45, 7) is 6.58. The van der Waals surface area contributed by atoms with Gasteiger partial charge >= 0.3 is 0 Å². The summed E-state index contributed by atoms with van der Waals surface area (Å²) in [7, 11) is 0. The number of nitrogens with zero attached hydrogens (tertiary/aromatic N) is 1. The molecule has 21 heavy (non-hydrogen) atoms. The van der Waals surface area contributed by atoms with Crippen molar-refractivity contribution in [3.63, 3.8) is 0 Å². The molecule has 3 atom stereocenters. The largest absolute Gasteiger partial charge is 0.353 e. The van der Waals surface area contributed by atoms with Gasteiger partial charge in [0, 0.05) is 25.2 Å². The Morgan fingerprint density at radius 2 is 2.24 bits per heavy atom. The van der Waals surface area contributed by atoms with E-state index >= 15 is 0 Å². The molecule has 0 aliphatic carbocycles. The molecule has 3 fully saturated rings. The van der Waals surface area contributed by atoms with Gasteiger partial charge in [-0.3, -0.25) is 4.79 Å². The molecule has 0 saturated carbocycles. The van der Waals surface area contributed by atoms with Gasteiger partial charge in [-0.15, -0.1) is 0 Å². The maximum absolute atomic E-state index is 12.9. The van der Waals surface area contributed by atoms with E-state index < -0.39 is 0 Å². The summed E-state index contributed by atoms with van der Waals surface area (Å²) in [5, 5.41) is 6.87. The normalized spacial score (nSPS) is 37.2. The van der Waals surface area contributed by atoms with E-state index in [1.165, 1.54) is 32.4 Å². The Balaban J connectivity index is 1.59. The lowest BCUT2D eigenvalue weighted by molar-refractivity contribution is -0.133. The fourth-order valence-corrected chi connectivity index (χ4v) is 4.66. The third-order valence-corrected chi connectivity index (χ3v) is 5.84. The second kappa shape index (κ2) is 6.66. The van der Waals surface area contributed by atoms with Gasteiger partial charge in [-0.25, -0.2) is 0 Å². The van der Waals surface area contributed by atoms with Gasteiger partial charge in [-0.05, 0) is 58.0 Å². The molecule has 3 saturated heterocycles. The molecule has 0 spiro atoms. The minimum absolute atomic E-state index is 0.139. The molecule has 0 bridgehead atoms. The highest BCUT2D eigenvalue weighted by atomic mass is 16.2. The third-order valence-electron chi connectivity index (χ3n) is 5.84. The van der Waals surface area contributed by atoms with Crippen molar-refractivity contribution in [2.45, 2.75) is 70.4 Å². The lowest BCUT2D eigenvalue weighted by atomic mass is 9.76. The molecule has 3 aliphatic rings. The zero-order valence-electron chi connectivity index (χ0n) is 13.5. The van der Waals surface area contributed by atoms with Crippen LogP contribution in [-0.2, 0) is 4.79 Å². The van der Waals surface area contributed by atoms with Crippen LogP contribution in [-0.4, -0.2) is 49.1 Å². The summed E-state index contributed by atoms with van der Waals surface area (Å²) in [5.41, 5.74) is -0.139. The maximum atomic E-state index is 12.9. The van der Waals surface area contributed by atoms with E-state index in [0.717, 1.165) is 51.2 Å². The highest BCUT2D eigenvalue weighted by Crippen LogP contribution is 2.33. The zero-order chi connectivity index (χ0) is 14.7. The summed E-state index contributed by atoms with van der Waals surface area (Å²) in [6.07, 6.45) is 9.28.